The Labute approximate surface area is 239 Å². The summed E-state index contributed by atoms with van der Waals surface area (Å²) in [6, 6.07) is 4.12. The van der Waals surface area contributed by atoms with Gasteiger partial charge in [0.2, 0.25) is 17.4 Å². The van der Waals surface area contributed by atoms with Crippen LogP contribution in [0.5, 0.6) is 34.8 Å². The number of ether oxygens (including phenoxy) is 6. The van der Waals surface area contributed by atoms with Gasteiger partial charge in [0.15, 0.2) is 5.75 Å². The van der Waals surface area contributed by atoms with Crippen LogP contribution < -0.4 is 39.1 Å². The summed E-state index contributed by atoms with van der Waals surface area (Å²) >= 11 is 0. The third kappa shape index (κ3) is 7.35. The molecule has 0 aliphatic carbocycles. The fourth-order valence-corrected chi connectivity index (χ4v) is 3.69. The summed E-state index contributed by atoms with van der Waals surface area (Å²) in [5, 5.41) is 6.14. The molecule has 0 atom stereocenters. The minimum Gasteiger partial charge on any atom is -0.492 e. The SMILES string of the molecule is CCNCCOc1ccc2c(=O)c3c(OCCNCC)nc(oc(=O)ccc(=O)oc2c1)c1oc(=O)ccc(=O)oc31. The molecule has 0 unspecified atom stereocenters. The highest BCUT2D eigenvalue weighted by Crippen LogP contribution is 2.46. The van der Waals surface area contributed by atoms with E-state index in [1.807, 2.05) is 13.8 Å². The van der Waals surface area contributed by atoms with Gasteiger partial charge in [-0.05, 0) is 25.2 Å². The van der Waals surface area contributed by atoms with Crippen LogP contribution in [-0.2, 0) is 19.2 Å². The normalized spacial score (nSPS) is 14.6. The third-order valence-corrected chi connectivity index (χ3v) is 5.56. The smallest absolute Gasteiger partial charge is 0.337 e. The van der Waals surface area contributed by atoms with Crippen LogP contribution in [0.4, 0.5) is 0 Å². The number of rotatable bonds is 10. The lowest BCUT2D eigenvalue weighted by atomic mass is 10.0. The molecule has 4 rings (SSSR count). The maximum absolute atomic E-state index is 14.1. The van der Waals surface area contributed by atoms with Crippen molar-refractivity contribution in [2.24, 2.45) is 0 Å². The Morgan fingerprint density at radius 1 is 0.714 bits per heavy atom. The average molecular weight is 582 g/mol. The standard InChI is InChI=1S/C28H27N3O11/c1-3-29-11-13-37-16-5-6-17-18(15-16)39-19(32)7-10-22(35)42-28-26-25(40-20(33)8-9-21(34)41-26)23(24(17)36)27(31-28)38-14-12-30-4-2/h5-10,15,29-30H,3-4,11-14H2,1-2H3. The third-order valence-electron chi connectivity index (χ3n) is 5.56. The van der Waals surface area contributed by atoms with Crippen LogP contribution in [0.25, 0.3) is 0 Å². The summed E-state index contributed by atoms with van der Waals surface area (Å²) in [7, 11) is 0. The first kappa shape index (κ1) is 29.9. The number of carbonyl (C=O) groups excluding carboxylic acids is 5. The summed E-state index contributed by atoms with van der Waals surface area (Å²) in [4.78, 5) is 68.3. The van der Waals surface area contributed by atoms with Crippen molar-refractivity contribution >= 4 is 29.7 Å². The Balaban J connectivity index is 1.92. The van der Waals surface area contributed by atoms with Crippen molar-refractivity contribution in [1.29, 1.82) is 0 Å². The summed E-state index contributed by atoms with van der Waals surface area (Å²) in [5.41, 5.74) is -0.640. The van der Waals surface area contributed by atoms with Gasteiger partial charge in [0, 0.05) is 43.5 Å². The predicted octanol–water partition coefficient (Wildman–Crippen LogP) is 1.05. The molecule has 0 saturated heterocycles. The zero-order chi connectivity index (χ0) is 30.1. The molecule has 2 N–H and O–H groups in total. The van der Waals surface area contributed by atoms with Gasteiger partial charge in [-0.25, -0.2) is 19.2 Å². The molecule has 2 aliphatic heterocycles. The van der Waals surface area contributed by atoms with Crippen LogP contribution >= 0.6 is 0 Å². The largest absolute Gasteiger partial charge is 0.492 e. The van der Waals surface area contributed by atoms with E-state index in [0.717, 1.165) is 30.8 Å². The molecule has 2 bridgehead atoms. The molecule has 2 aliphatic rings. The maximum Gasteiger partial charge on any atom is 0.337 e. The second-order valence-electron chi connectivity index (χ2n) is 8.50. The van der Waals surface area contributed by atoms with Crippen molar-refractivity contribution in [2.45, 2.75) is 13.8 Å². The van der Waals surface area contributed by atoms with Gasteiger partial charge in [-0.1, -0.05) is 13.8 Å². The highest BCUT2D eigenvalue weighted by Gasteiger charge is 2.35. The Bertz CT molecular complexity index is 1470. The predicted molar refractivity (Wildman–Crippen MR) is 143 cm³/mol. The highest BCUT2D eigenvalue weighted by atomic mass is 16.6. The van der Waals surface area contributed by atoms with E-state index in [9.17, 15) is 24.0 Å². The molecule has 220 valence electrons. The number of aromatic nitrogens is 1. The van der Waals surface area contributed by atoms with E-state index in [1.54, 1.807) is 0 Å². The van der Waals surface area contributed by atoms with E-state index in [1.165, 1.54) is 18.2 Å². The van der Waals surface area contributed by atoms with E-state index in [-0.39, 0.29) is 30.3 Å². The number of fused-ring (bicyclic) bond motifs is 7. The maximum atomic E-state index is 14.1. The topological polar surface area (TPSA) is 178 Å². The van der Waals surface area contributed by atoms with Crippen molar-refractivity contribution in [3.63, 3.8) is 0 Å². The van der Waals surface area contributed by atoms with Crippen molar-refractivity contribution in [3.05, 3.63) is 53.6 Å². The molecule has 0 saturated carbocycles. The van der Waals surface area contributed by atoms with Gasteiger partial charge in [0.25, 0.3) is 5.88 Å². The monoisotopic (exact) mass is 581 g/mol. The molecule has 0 fully saturated rings. The Morgan fingerprint density at radius 3 is 1.93 bits per heavy atom. The van der Waals surface area contributed by atoms with Crippen molar-refractivity contribution in [1.82, 2.24) is 15.6 Å². The number of nitrogens with zero attached hydrogens (tertiary/aromatic N) is 1. The molecule has 1 aromatic heterocycles. The minimum absolute atomic E-state index is 0.0126. The molecule has 2 aromatic rings. The quantitative estimate of drug-likeness (QED) is 0.231. The van der Waals surface area contributed by atoms with Crippen LogP contribution in [0.3, 0.4) is 0 Å². The number of ketones is 1. The molecule has 0 amide bonds. The van der Waals surface area contributed by atoms with Gasteiger partial charge in [0.05, 0.1) is 5.56 Å². The fourth-order valence-electron chi connectivity index (χ4n) is 3.69. The number of benzene rings is 1. The van der Waals surface area contributed by atoms with Crippen molar-refractivity contribution in [3.8, 4) is 34.8 Å². The van der Waals surface area contributed by atoms with Gasteiger partial charge < -0.3 is 39.1 Å². The molecule has 0 radical (unpaired) electrons. The van der Waals surface area contributed by atoms with Gasteiger partial charge in [-0.15, -0.1) is 0 Å². The first-order valence-electron chi connectivity index (χ1n) is 13.0. The van der Waals surface area contributed by atoms with Crippen LogP contribution in [0.15, 0.2) is 42.5 Å². The van der Waals surface area contributed by atoms with Crippen molar-refractivity contribution < 1.29 is 52.4 Å². The van der Waals surface area contributed by atoms with E-state index < -0.39 is 58.5 Å². The first-order valence-corrected chi connectivity index (χ1v) is 13.0. The molecule has 3 heterocycles. The lowest BCUT2D eigenvalue weighted by Gasteiger charge is -2.20. The molecule has 0 spiro atoms. The molecule has 42 heavy (non-hydrogen) atoms. The lowest BCUT2D eigenvalue weighted by molar-refractivity contribution is -0.134. The molecular formula is C28H27N3O11. The lowest BCUT2D eigenvalue weighted by Crippen LogP contribution is -2.23. The summed E-state index contributed by atoms with van der Waals surface area (Å²) in [6.07, 6.45) is 3.09. The number of nitrogens with one attached hydrogen (secondary N) is 2. The number of esters is 4. The molecule has 14 nitrogen and oxygen atoms in total. The molecule has 1 aromatic carbocycles. The number of hydrogen-bond acceptors (Lipinski definition) is 14. The van der Waals surface area contributed by atoms with Crippen LogP contribution in [0.1, 0.15) is 29.8 Å². The minimum atomic E-state index is -1.13. The first-order chi connectivity index (χ1) is 20.3. The number of hydrogen-bond donors (Lipinski definition) is 2. The van der Waals surface area contributed by atoms with Gasteiger partial charge in [-0.3, -0.25) is 4.79 Å². The van der Waals surface area contributed by atoms with Gasteiger partial charge >= 0.3 is 23.9 Å². The average Bonchev–Trinajstić information content (AvgIpc) is 2.96. The summed E-state index contributed by atoms with van der Waals surface area (Å²) < 4.78 is 32.7. The number of pyridine rings is 1. The van der Waals surface area contributed by atoms with Gasteiger partial charge in [-0.2, -0.15) is 4.98 Å². The summed E-state index contributed by atoms with van der Waals surface area (Å²) in [6.45, 7) is 6.31. The van der Waals surface area contributed by atoms with Gasteiger partial charge in [0.1, 0.15) is 30.3 Å². The summed E-state index contributed by atoms with van der Waals surface area (Å²) in [5.74, 6) is -7.33. The fraction of sp³-hybridized carbons (Fsp3) is 0.286. The van der Waals surface area contributed by atoms with Crippen LogP contribution in [-0.4, -0.2) is 74.0 Å². The molecule has 14 heteroatoms. The second-order valence-corrected chi connectivity index (χ2v) is 8.50. The van der Waals surface area contributed by atoms with Crippen LogP contribution in [0, 0.1) is 0 Å². The zero-order valence-electron chi connectivity index (χ0n) is 22.7. The Hall–Kier alpha value is -5.08. The van der Waals surface area contributed by atoms with E-state index in [2.05, 4.69) is 15.6 Å². The zero-order valence-corrected chi connectivity index (χ0v) is 22.7. The van der Waals surface area contributed by atoms with E-state index >= 15 is 0 Å². The Kier molecular flexibility index (Phi) is 9.97. The van der Waals surface area contributed by atoms with Crippen LogP contribution in [0.2, 0.25) is 0 Å². The van der Waals surface area contributed by atoms with E-state index in [4.69, 9.17) is 28.4 Å². The van der Waals surface area contributed by atoms with Crippen molar-refractivity contribution in [2.75, 3.05) is 39.4 Å². The Morgan fingerprint density at radius 2 is 1.29 bits per heavy atom. The number of likely N-dealkylation sites (N-methyl/N-ethyl adjacent to an activating group) is 2. The number of carbonyl (C=O) groups is 5. The second kappa shape index (κ2) is 14.0. The highest BCUT2D eigenvalue weighted by molar-refractivity contribution is 6.15. The molecular weight excluding hydrogens is 554 g/mol. The van der Waals surface area contributed by atoms with E-state index in [0.29, 0.717) is 19.6 Å².